The number of nitrogens with zero attached hydrogens (tertiary/aromatic N) is 1. The van der Waals surface area contributed by atoms with E-state index in [0.717, 1.165) is 23.2 Å². The van der Waals surface area contributed by atoms with E-state index in [1.54, 1.807) is 12.1 Å². The molecular formula is C18H17FN2O2. The topological polar surface area (TPSA) is 52.6 Å². The second kappa shape index (κ2) is 5.26. The zero-order valence-corrected chi connectivity index (χ0v) is 12.4. The summed E-state index contributed by atoms with van der Waals surface area (Å²) in [5.74, 6) is -0.119. The van der Waals surface area contributed by atoms with Gasteiger partial charge in [0.2, 0.25) is 0 Å². The molecule has 0 radical (unpaired) electrons. The quantitative estimate of drug-likeness (QED) is 0.836. The van der Waals surface area contributed by atoms with Crippen molar-refractivity contribution in [2.45, 2.75) is 18.5 Å². The zero-order chi connectivity index (χ0) is 16.0. The molecule has 0 spiro atoms. The van der Waals surface area contributed by atoms with Crippen molar-refractivity contribution in [2.24, 2.45) is 5.92 Å². The van der Waals surface area contributed by atoms with Crippen LogP contribution in [0.4, 0.5) is 14.9 Å². The molecule has 4 rings (SSSR count). The summed E-state index contributed by atoms with van der Waals surface area (Å²) in [6, 6.07) is 14.1. The summed E-state index contributed by atoms with van der Waals surface area (Å²) in [6.07, 6.45) is -0.0903. The van der Waals surface area contributed by atoms with Gasteiger partial charge in [0, 0.05) is 18.2 Å². The molecule has 3 atom stereocenters. The van der Waals surface area contributed by atoms with Crippen molar-refractivity contribution >= 4 is 11.8 Å². The highest BCUT2D eigenvalue weighted by molar-refractivity contribution is 5.69. The predicted octanol–water partition coefficient (Wildman–Crippen LogP) is 4.03. The summed E-state index contributed by atoms with van der Waals surface area (Å²) in [5.41, 5.74) is 2.97. The lowest BCUT2D eigenvalue weighted by Gasteiger charge is -2.39. The molecule has 2 aliphatic rings. The number of hydrogen-bond acceptors (Lipinski definition) is 2. The molecule has 2 aromatic carbocycles. The van der Waals surface area contributed by atoms with Gasteiger partial charge in [-0.2, -0.15) is 0 Å². The van der Waals surface area contributed by atoms with Crippen molar-refractivity contribution < 1.29 is 14.3 Å². The molecule has 1 fully saturated rings. The number of rotatable bonds is 1. The monoisotopic (exact) mass is 312 g/mol. The van der Waals surface area contributed by atoms with Crippen molar-refractivity contribution in [1.82, 2.24) is 4.90 Å². The normalized spacial score (nSPS) is 25.4. The predicted molar refractivity (Wildman–Crippen MR) is 84.8 cm³/mol. The van der Waals surface area contributed by atoms with E-state index < -0.39 is 6.09 Å². The first-order valence-electron chi connectivity index (χ1n) is 7.75. The number of hydrogen-bond donors (Lipinski definition) is 2. The molecule has 23 heavy (non-hydrogen) atoms. The van der Waals surface area contributed by atoms with Crippen LogP contribution in [0.5, 0.6) is 0 Å². The van der Waals surface area contributed by atoms with E-state index in [0.29, 0.717) is 6.54 Å². The zero-order valence-electron chi connectivity index (χ0n) is 12.4. The number of para-hydroxylation sites is 1. The minimum absolute atomic E-state index is 0.0140. The van der Waals surface area contributed by atoms with E-state index in [-0.39, 0.29) is 23.8 Å². The number of amides is 1. The fraction of sp³-hybridized carbons (Fsp3) is 0.278. The highest BCUT2D eigenvalue weighted by Crippen LogP contribution is 2.50. The van der Waals surface area contributed by atoms with Gasteiger partial charge in [-0.3, -0.25) is 0 Å². The van der Waals surface area contributed by atoms with Crippen molar-refractivity contribution in [3.8, 4) is 0 Å². The maximum atomic E-state index is 13.2. The standard InChI is InChI=1S/C18H17FN2O2/c19-12-7-5-11(6-8-12)16-14-9-10-21(18(22)23)17(14)13-3-1-2-4-15(13)20-16/h1-8,14,16-17,20H,9-10H2,(H,22,23). The Morgan fingerprint density at radius 2 is 1.91 bits per heavy atom. The van der Waals surface area contributed by atoms with Gasteiger partial charge in [0.15, 0.2) is 0 Å². The number of nitrogens with one attached hydrogen (secondary N) is 1. The van der Waals surface area contributed by atoms with Crippen molar-refractivity contribution in [3.63, 3.8) is 0 Å². The summed E-state index contributed by atoms with van der Waals surface area (Å²) in [6.45, 7) is 0.526. The molecule has 0 saturated carbocycles. The smallest absolute Gasteiger partial charge is 0.407 e. The summed E-state index contributed by atoms with van der Waals surface area (Å²) >= 11 is 0. The number of halogens is 1. The molecule has 0 aromatic heterocycles. The Morgan fingerprint density at radius 3 is 2.65 bits per heavy atom. The SMILES string of the molecule is O=C(O)N1CCC2C(c3ccc(F)cc3)Nc3ccccc3C21. The molecule has 118 valence electrons. The van der Waals surface area contributed by atoms with Crippen molar-refractivity contribution in [1.29, 1.82) is 0 Å². The average molecular weight is 312 g/mol. The van der Waals surface area contributed by atoms with Gasteiger partial charge in [-0.15, -0.1) is 0 Å². The molecule has 1 saturated heterocycles. The fourth-order valence-corrected chi connectivity index (χ4v) is 3.94. The maximum Gasteiger partial charge on any atom is 0.407 e. The fourth-order valence-electron chi connectivity index (χ4n) is 3.94. The van der Waals surface area contributed by atoms with Gasteiger partial charge < -0.3 is 15.3 Å². The molecule has 3 unspecified atom stereocenters. The van der Waals surface area contributed by atoms with E-state index in [4.69, 9.17) is 0 Å². The Kier molecular flexibility index (Phi) is 3.22. The summed E-state index contributed by atoms with van der Waals surface area (Å²) < 4.78 is 13.2. The average Bonchev–Trinajstić information content (AvgIpc) is 3.00. The van der Waals surface area contributed by atoms with Crippen LogP contribution in [-0.2, 0) is 0 Å². The Labute approximate surface area is 133 Å². The van der Waals surface area contributed by atoms with E-state index in [9.17, 15) is 14.3 Å². The summed E-state index contributed by atoms with van der Waals surface area (Å²) in [5, 5.41) is 13.0. The Hall–Kier alpha value is -2.56. The number of carboxylic acid groups (broad SMARTS) is 1. The van der Waals surface area contributed by atoms with Gasteiger partial charge in [0.05, 0.1) is 12.1 Å². The van der Waals surface area contributed by atoms with Crippen LogP contribution in [0.3, 0.4) is 0 Å². The Morgan fingerprint density at radius 1 is 1.17 bits per heavy atom. The second-order valence-electron chi connectivity index (χ2n) is 6.13. The lowest BCUT2D eigenvalue weighted by atomic mass is 9.80. The molecule has 0 aliphatic carbocycles. The first kappa shape index (κ1) is 14.1. The second-order valence-corrected chi connectivity index (χ2v) is 6.13. The van der Waals surface area contributed by atoms with Crippen molar-refractivity contribution in [3.05, 3.63) is 65.5 Å². The van der Waals surface area contributed by atoms with E-state index in [2.05, 4.69) is 5.32 Å². The lowest BCUT2D eigenvalue weighted by Crippen LogP contribution is -2.36. The molecule has 2 aromatic rings. The van der Waals surface area contributed by atoms with E-state index in [1.807, 2.05) is 24.3 Å². The largest absolute Gasteiger partial charge is 0.465 e. The summed E-state index contributed by atoms with van der Waals surface area (Å²) in [4.78, 5) is 13.1. The van der Waals surface area contributed by atoms with Crippen LogP contribution in [-0.4, -0.2) is 22.6 Å². The number of benzene rings is 2. The molecule has 2 aliphatic heterocycles. The van der Waals surface area contributed by atoms with Gasteiger partial charge in [-0.05, 0) is 35.7 Å². The molecule has 2 N–H and O–H groups in total. The van der Waals surface area contributed by atoms with Gasteiger partial charge in [0.1, 0.15) is 5.82 Å². The van der Waals surface area contributed by atoms with Crippen LogP contribution in [0.1, 0.15) is 29.6 Å². The van der Waals surface area contributed by atoms with Gasteiger partial charge in [-0.25, -0.2) is 9.18 Å². The minimum Gasteiger partial charge on any atom is -0.465 e. The van der Waals surface area contributed by atoms with Crippen LogP contribution in [0.25, 0.3) is 0 Å². The third kappa shape index (κ3) is 2.23. The summed E-state index contributed by atoms with van der Waals surface area (Å²) in [7, 11) is 0. The maximum absolute atomic E-state index is 13.2. The third-order valence-electron chi connectivity index (χ3n) is 4.94. The first-order chi connectivity index (χ1) is 11.1. The van der Waals surface area contributed by atoms with Crippen molar-refractivity contribution in [2.75, 3.05) is 11.9 Å². The van der Waals surface area contributed by atoms with Crippen LogP contribution in [0, 0.1) is 11.7 Å². The molecular weight excluding hydrogens is 295 g/mol. The van der Waals surface area contributed by atoms with Crippen LogP contribution >= 0.6 is 0 Å². The molecule has 5 heteroatoms. The molecule has 1 amide bonds. The highest BCUT2D eigenvalue weighted by atomic mass is 19.1. The Balaban J connectivity index is 1.79. The van der Waals surface area contributed by atoms with Gasteiger partial charge in [0.25, 0.3) is 0 Å². The first-order valence-corrected chi connectivity index (χ1v) is 7.75. The highest BCUT2D eigenvalue weighted by Gasteiger charge is 2.46. The van der Waals surface area contributed by atoms with E-state index in [1.165, 1.54) is 17.0 Å². The van der Waals surface area contributed by atoms with Crippen LogP contribution in [0.15, 0.2) is 48.5 Å². The Bertz CT molecular complexity index is 747. The van der Waals surface area contributed by atoms with E-state index >= 15 is 0 Å². The number of likely N-dealkylation sites (tertiary alicyclic amines) is 1. The molecule has 4 nitrogen and oxygen atoms in total. The molecule has 0 bridgehead atoms. The van der Waals surface area contributed by atoms with Gasteiger partial charge in [-0.1, -0.05) is 30.3 Å². The number of fused-ring (bicyclic) bond motifs is 3. The van der Waals surface area contributed by atoms with Crippen LogP contribution < -0.4 is 5.32 Å². The van der Waals surface area contributed by atoms with Gasteiger partial charge >= 0.3 is 6.09 Å². The number of carbonyl (C=O) groups is 1. The molecule has 2 heterocycles. The third-order valence-corrected chi connectivity index (χ3v) is 4.94. The lowest BCUT2D eigenvalue weighted by molar-refractivity contribution is 0.132. The minimum atomic E-state index is -0.882. The van der Waals surface area contributed by atoms with Crippen LogP contribution in [0.2, 0.25) is 0 Å². The number of anilines is 1.